The molecule has 1 N–H and O–H groups in total. The van der Waals surface area contributed by atoms with E-state index in [4.69, 9.17) is 4.74 Å². The third-order valence-corrected chi connectivity index (χ3v) is 4.41. The number of hydrogen-bond acceptors (Lipinski definition) is 3. The Hall–Kier alpha value is -0.120. The minimum atomic E-state index is -0.419. The van der Waals surface area contributed by atoms with Crippen LogP contribution in [0.1, 0.15) is 52.4 Å². The van der Waals surface area contributed by atoms with Gasteiger partial charge in [-0.3, -0.25) is 0 Å². The van der Waals surface area contributed by atoms with E-state index in [0.29, 0.717) is 12.1 Å². The molecule has 1 atom stereocenters. The molecule has 0 aromatic rings. The molecule has 2 saturated heterocycles. The van der Waals surface area contributed by atoms with E-state index in [9.17, 15) is 5.11 Å². The molecule has 0 aromatic carbocycles. The van der Waals surface area contributed by atoms with Crippen LogP contribution < -0.4 is 0 Å². The summed E-state index contributed by atoms with van der Waals surface area (Å²) >= 11 is 0. The van der Waals surface area contributed by atoms with Crippen molar-refractivity contribution in [1.29, 1.82) is 0 Å². The van der Waals surface area contributed by atoms with Crippen LogP contribution in [0.25, 0.3) is 0 Å². The molecule has 2 rings (SSSR count). The molecule has 2 fully saturated rings. The Kier molecular flexibility index (Phi) is 4.45. The van der Waals surface area contributed by atoms with E-state index < -0.39 is 5.60 Å². The van der Waals surface area contributed by atoms with Gasteiger partial charge in [-0.1, -0.05) is 0 Å². The van der Waals surface area contributed by atoms with Crippen molar-refractivity contribution in [2.45, 2.75) is 70.1 Å². The van der Waals surface area contributed by atoms with Gasteiger partial charge >= 0.3 is 0 Å². The first kappa shape index (κ1) is 13.3. The summed E-state index contributed by atoms with van der Waals surface area (Å²) in [5, 5.41) is 10.5. The summed E-state index contributed by atoms with van der Waals surface area (Å²) in [6.07, 6.45) is 6.62. The Morgan fingerprint density at radius 3 is 2.59 bits per heavy atom. The highest BCUT2D eigenvalue weighted by molar-refractivity contribution is 4.87. The Morgan fingerprint density at radius 1 is 1.35 bits per heavy atom. The van der Waals surface area contributed by atoms with E-state index in [1.54, 1.807) is 0 Å². The number of piperidine rings is 1. The zero-order valence-electron chi connectivity index (χ0n) is 11.3. The molecule has 100 valence electrons. The monoisotopic (exact) mass is 241 g/mol. The van der Waals surface area contributed by atoms with Crippen LogP contribution in [0.5, 0.6) is 0 Å². The maximum atomic E-state index is 10.5. The number of hydrogen-bond donors (Lipinski definition) is 1. The van der Waals surface area contributed by atoms with Crippen LogP contribution in [0, 0.1) is 0 Å². The molecule has 3 heteroatoms. The van der Waals surface area contributed by atoms with Crippen LogP contribution in [0.15, 0.2) is 0 Å². The zero-order valence-corrected chi connectivity index (χ0v) is 11.3. The van der Waals surface area contributed by atoms with Crippen molar-refractivity contribution >= 4 is 0 Å². The van der Waals surface area contributed by atoms with Gasteiger partial charge in [0, 0.05) is 25.7 Å². The highest BCUT2D eigenvalue weighted by Gasteiger charge is 2.33. The Bertz CT molecular complexity index is 228. The highest BCUT2D eigenvalue weighted by atomic mass is 16.5. The number of nitrogens with zero attached hydrogens (tertiary/aromatic N) is 1. The molecule has 0 spiro atoms. The second-order valence-corrected chi connectivity index (χ2v) is 6.03. The standard InChI is InChI=1S/C14H27NO2/c1-12(2)15-9-7-14(16,8-10-15)6-5-13-4-3-11-17-13/h12-13,16H,3-11H2,1-2H3. The first-order chi connectivity index (χ1) is 8.09. The topological polar surface area (TPSA) is 32.7 Å². The number of ether oxygens (including phenoxy) is 1. The number of aliphatic hydroxyl groups is 1. The largest absolute Gasteiger partial charge is 0.390 e. The van der Waals surface area contributed by atoms with Crippen molar-refractivity contribution in [2.24, 2.45) is 0 Å². The van der Waals surface area contributed by atoms with Crippen LogP contribution in [-0.4, -0.2) is 47.4 Å². The minimum absolute atomic E-state index is 0.419. The molecule has 0 aromatic heterocycles. The highest BCUT2D eigenvalue weighted by Crippen LogP contribution is 2.30. The van der Waals surface area contributed by atoms with Crippen LogP contribution >= 0.6 is 0 Å². The normalized spacial score (nSPS) is 30.0. The quantitative estimate of drug-likeness (QED) is 0.819. The molecule has 3 nitrogen and oxygen atoms in total. The lowest BCUT2D eigenvalue weighted by atomic mass is 9.85. The van der Waals surface area contributed by atoms with E-state index >= 15 is 0 Å². The van der Waals surface area contributed by atoms with Gasteiger partial charge in [0.05, 0.1) is 11.7 Å². The number of rotatable bonds is 4. The maximum absolute atomic E-state index is 10.5. The predicted molar refractivity (Wildman–Crippen MR) is 69.1 cm³/mol. The van der Waals surface area contributed by atoms with Gasteiger partial charge in [-0.15, -0.1) is 0 Å². The van der Waals surface area contributed by atoms with Gasteiger partial charge < -0.3 is 14.7 Å². The van der Waals surface area contributed by atoms with Crippen LogP contribution in [0.2, 0.25) is 0 Å². The summed E-state index contributed by atoms with van der Waals surface area (Å²) in [6, 6.07) is 0.609. The van der Waals surface area contributed by atoms with E-state index in [1.165, 1.54) is 12.8 Å². The van der Waals surface area contributed by atoms with E-state index in [1.807, 2.05) is 0 Å². The van der Waals surface area contributed by atoms with Crippen molar-refractivity contribution in [1.82, 2.24) is 4.90 Å². The Balaban J connectivity index is 1.72. The lowest BCUT2D eigenvalue weighted by Crippen LogP contribution is -2.47. The molecule has 0 bridgehead atoms. The average molecular weight is 241 g/mol. The molecule has 0 amide bonds. The van der Waals surface area contributed by atoms with Crippen LogP contribution in [-0.2, 0) is 4.74 Å². The summed E-state index contributed by atoms with van der Waals surface area (Å²) in [5.74, 6) is 0. The fraction of sp³-hybridized carbons (Fsp3) is 1.00. The van der Waals surface area contributed by atoms with Gasteiger partial charge in [0.2, 0.25) is 0 Å². The van der Waals surface area contributed by atoms with Crippen molar-refractivity contribution < 1.29 is 9.84 Å². The van der Waals surface area contributed by atoms with Crippen LogP contribution in [0.3, 0.4) is 0 Å². The van der Waals surface area contributed by atoms with Gasteiger partial charge in [-0.2, -0.15) is 0 Å². The summed E-state index contributed by atoms with van der Waals surface area (Å²) in [5.41, 5.74) is -0.419. The smallest absolute Gasteiger partial charge is 0.0673 e. The van der Waals surface area contributed by atoms with Crippen molar-refractivity contribution in [3.63, 3.8) is 0 Å². The predicted octanol–water partition coefficient (Wildman–Crippen LogP) is 2.18. The first-order valence-electron chi connectivity index (χ1n) is 7.17. The third-order valence-electron chi connectivity index (χ3n) is 4.41. The minimum Gasteiger partial charge on any atom is -0.390 e. The van der Waals surface area contributed by atoms with Gasteiger partial charge in [0.1, 0.15) is 0 Å². The summed E-state index contributed by atoms with van der Waals surface area (Å²) in [7, 11) is 0. The lowest BCUT2D eigenvalue weighted by molar-refractivity contribution is -0.0434. The average Bonchev–Trinajstić information content (AvgIpc) is 2.80. The molecular weight excluding hydrogens is 214 g/mol. The SMILES string of the molecule is CC(C)N1CCC(O)(CCC2CCCO2)CC1. The fourth-order valence-corrected chi connectivity index (χ4v) is 3.01. The molecule has 2 heterocycles. The zero-order chi connectivity index (χ0) is 12.3. The van der Waals surface area contributed by atoms with Gasteiger partial charge in [0.15, 0.2) is 0 Å². The third kappa shape index (κ3) is 3.67. The summed E-state index contributed by atoms with van der Waals surface area (Å²) < 4.78 is 5.63. The van der Waals surface area contributed by atoms with E-state index in [-0.39, 0.29) is 0 Å². The molecular formula is C14H27NO2. The van der Waals surface area contributed by atoms with Gasteiger partial charge in [0.25, 0.3) is 0 Å². The summed E-state index contributed by atoms with van der Waals surface area (Å²) in [6.45, 7) is 7.47. The maximum Gasteiger partial charge on any atom is 0.0673 e. The van der Waals surface area contributed by atoms with Gasteiger partial charge in [-0.05, 0) is 52.4 Å². The van der Waals surface area contributed by atoms with E-state index in [2.05, 4.69) is 18.7 Å². The van der Waals surface area contributed by atoms with Crippen molar-refractivity contribution in [2.75, 3.05) is 19.7 Å². The summed E-state index contributed by atoms with van der Waals surface area (Å²) in [4.78, 5) is 2.46. The Labute approximate surface area is 105 Å². The molecule has 0 radical (unpaired) electrons. The second kappa shape index (κ2) is 5.68. The first-order valence-corrected chi connectivity index (χ1v) is 7.17. The fourth-order valence-electron chi connectivity index (χ4n) is 3.01. The lowest BCUT2D eigenvalue weighted by Gasteiger charge is -2.40. The molecule has 1 unspecified atom stereocenters. The molecule has 0 saturated carbocycles. The van der Waals surface area contributed by atoms with Crippen LogP contribution in [0.4, 0.5) is 0 Å². The molecule has 0 aliphatic carbocycles. The molecule has 2 aliphatic heterocycles. The van der Waals surface area contributed by atoms with Gasteiger partial charge in [-0.25, -0.2) is 0 Å². The van der Waals surface area contributed by atoms with Crippen molar-refractivity contribution in [3.05, 3.63) is 0 Å². The van der Waals surface area contributed by atoms with Crippen molar-refractivity contribution in [3.8, 4) is 0 Å². The number of likely N-dealkylation sites (tertiary alicyclic amines) is 1. The molecule has 17 heavy (non-hydrogen) atoms. The van der Waals surface area contributed by atoms with E-state index in [0.717, 1.165) is 45.4 Å². The molecule has 2 aliphatic rings. The Morgan fingerprint density at radius 2 is 2.06 bits per heavy atom. The second-order valence-electron chi connectivity index (χ2n) is 6.03.